The van der Waals surface area contributed by atoms with Gasteiger partial charge in [0.05, 0.1) is 19.7 Å². The van der Waals surface area contributed by atoms with Gasteiger partial charge in [0.25, 0.3) is 5.56 Å². The van der Waals surface area contributed by atoms with Crippen LogP contribution in [0.2, 0.25) is 0 Å². The number of rotatable bonds is 2. The first-order valence-corrected chi connectivity index (χ1v) is 7.84. The van der Waals surface area contributed by atoms with Crippen molar-refractivity contribution in [3.05, 3.63) is 39.5 Å². The Kier molecular flexibility index (Phi) is 2.94. The maximum absolute atomic E-state index is 12.6. The van der Waals surface area contributed by atoms with E-state index in [4.69, 9.17) is 9.47 Å². The van der Waals surface area contributed by atoms with Crippen molar-refractivity contribution < 1.29 is 9.47 Å². The molecule has 6 heteroatoms. The Morgan fingerprint density at radius 2 is 2.00 bits per heavy atom. The third kappa shape index (κ3) is 1.77. The first kappa shape index (κ1) is 13.3. The zero-order chi connectivity index (χ0) is 15.3. The van der Waals surface area contributed by atoms with Crippen LogP contribution >= 0.6 is 11.3 Å². The molecule has 3 heterocycles. The van der Waals surface area contributed by atoms with Gasteiger partial charge in [0.1, 0.15) is 10.5 Å². The molecule has 0 fully saturated rings. The number of hydrogen-bond donors (Lipinski definition) is 0. The summed E-state index contributed by atoms with van der Waals surface area (Å²) in [4.78, 5) is 17.3. The fraction of sp³-hybridized carbons (Fsp3) is 0.250. The minimum Gasteiger partial charge on any atom is -0.493 e. The lowest BCUT2D eigenvalue weighted by Crippen LogP contribution is -2.27. The lowest BCUT2D eigenvalue weighted by molar-refractivity contribution is 0.354. The van der Waals surface area contributed by atoms with E-state index < -0.39 is 0 Å². The SMILES string of the molecule is COc1cc2c(cc1OC)-c1nc3ccsc3c(=O)n1CC2. The molecule has 1 aliphatic rings. The molecule has 0 atom stereocenters. The van der Waals surface area contributed by atoms with Crippen molar-refractivity contribution in [3.8, 4) is 22.9 Å². The summed E-state index contributed by atoms with van der Waals surface area (Å²) in [6.45, 7) is 0.636. The molecule has 0 radical (unpaired) electrons. The standard InChI is InChI=1S/C16H14N2O3S/c1-20-12-7-9-3-5-18-15(10(9)8-13(12)21-2)17-11-4-6-22-14(11)16(18)19/h4,6-8H,3,5H2,1-2H3. The second-order valence-corrected chi connectivity index (χ2v) is 6.06. The molecule has 1 aromatic carbocycles. The molecular formula is C16H14N2O3S. The molecule has 0 amide bonds. The van der Waals surface area contributed by atoms with E-state index in [2.05, 4.69) is 4.98 Å². The largest absolute Gasteiger partial charge is 0.493 e. The molecule has 4 rings (SSSR count). The zero-order valence-electron chi connectivity index (χ0n) is 12.3. The third-order valence-corrected chi connectivity index (χ3v) is 4.91. The second-order valence-electron chi connectivity index (χ2n) is 5.14. The topological polar surface area (TPSA) is 53.4 Å². The summed E-state index contributed by atoms with van der Waals surface area (Å²) in [6.07, 6.45) is 0.779. The molecule has 1 aliphatic heterocycles. The van der Waals surface area contributed by atoms with E-state index in [0.29, 0.717) is 28.6 Å². The smallest absolute Gasteiger partial charge is 0.271 e. The Hall–Kier alpha value is -2.34. The van der Waals surface area contributed by atoms with Crippen LogP contribution in [0.1, 0.15) is 5.56 Å². The fourth-order valence-corrected chi connectivity index (χ4v) is 3.70. The van der Waals surface area contributed by atoms with E-state index in [1.165, 1.54) is 11.3 Å². The Balaban J connectivity index is 2.04. The Bertz CT molecular complexity index is 942. The first-order valence-electron chi connectivity index (χ1n) is 6.96. The number of aromatic nitrogens is 2. The maximum Gasteiger partial charge on any atom is 0.271 e. The van der Waals surface area contributed by atoms with Gasteiger partial charge in [0, 0.05) is 12.1 Å². The van der Waals surface area contributed by atoms with Gasteiger partial charge in [-0.1, -0.05) is 0 Å². The quantitative estimate of drug-likeness (QED) is 0.730. The lowest BCUT2D eigenvalue weighted by Gasteiger charge is -2.22. The molecular weight excluding hydrogens is 300 g/mol. The van der Waals surface area contributed by atoms with Crippen molar-refractivity contribution in [1.82, 2.24) is 9.55 Å². The molecule has 112 valence electrons. The van der Waals surface area contributed by atoms with Crippen LogP contribution in [0.5, 0.6) is 11.5 Å². The summed E-state index contributed by atoms with van der Waals surface area (Å²) in [5, 5.41) is 1.90. The van der Waals surface area contributed by atoms with Gasteiger partial charge < -0.3 is 9.47 Å². The number of benzene rings is 1. The van der Waals surface area contributed by atoms with Crippen LogP contribution in [-0.4, -0.2) is 23.8 Å². The molecule has 3 aromatic rings. The average Bonchev–Trinajstić information content (AvgIpc) is 3.02. The molecule has 5 nitrogen and oxygen atoms in total. The van der Waals surface area contributed by atoms with Crippen LogP contribution < -0.4 is 15.0 Å². The number of aryl methyl sites for hydroxylation is 1. The number of nitrogens with zero attached hydrogens (tertiary/aromatic N) is 2. The highest BCUT2D eigenvalue weighted by Gasteiger charge is 2.23. The van der Waals surface area contributed by atoms with Gasteiger partial charge in [-0.25, -0.2) is 4.98 Å². The van der Waals surface area contributed by atoms with Gasteiger partial charge in [-0.05, 0) is 35.6 Å². The number of hydrogen-bond acceptors (Lipinski definition) is 5. The van der Waals surface area contributed by atoms with Gasteiger partial charge in [0.15, 0.2) is 11.5 Å². The maximum atomic E-state index is 12.6. The Morgan fingerprint density at radius 3 is 2.77 bits per heavy atom. The molecule has 0 unspecified atom stereocenters. The summed E-state index contributed by atoms with van der Waals surface area (Å²) >= 11 is 1.44. The van der Waals surface area contributed by atoms with E-state index >= 15 is 0 Å². The molecule has 0 N–H and O–H groups in total. The van der Waals surface area contributed by atoms with Gasteiger partial charge in [-0.3, -0.25) is 9.36 Å². The lowest BCUT2D eigenvalue weighted by atomic mass is 9.99. The normalized spacial score (nSPS) is 12.8. The Labute approximate surface area is 130 Å². The highest BCUT2D eigenvalue weighted by molar-refractivity contribution is 7.17. The highest BCUT2D eigenvalue weighted by Crippen LogP contribution is 2.37. The van der Waals surface area contributed by atoms with Crippen molar-refractivity contribution in [2.24, 2.45) is 0 Å². The minimum atomic E-state index is 0.0374. The van der Waals surface area contributed by atoms with Crippen LogP contribution in [-0.2, 0) is 13.0 Å². The van der Waals surface area contributed by atoms with Crippen LogP contribution in [0, 0.1) is 0 Å². The molecule has 0 spiro atoms. The summed E-state index contributed by atoms with van der Waals surface area (Å²) < 4.78 is 13.2. The van der Waals surface area contributed by atoms with Gasteiger partial charge in [-0.2, -0.15) is 0 Å². The number of ether oxygens (including phenoxy) is 2. The number of thiophene rings is 1. The van der Waals surface area contributed by atoms with E-state index in [0.717, 1.165) is 23.1 Å². The molecule has 22 heavy (non-hydrogen) atoms. The van der Waals surface area contributed by atoms with Crippen LogP contribution in [0.25, 0.3) is 21.6 Å². The zero-order valence-corrected chi connectivity index (χ0v) is 13.1. The second kappa shape index (κ2) is 4.84. The van der Waals surface area contributed by atoms with Crippen molar-refractivity contribution in [2.45, 2.75) is 13.0 Å². The van der Waals surface area contributed by atoms with Crippen molar-refractivity contribution in [3.63, 3.8) is 0 Å². The van der Waals surface area contributed by atoms with E-state index in [1.807, 2.05) is 23.6 Å². The molecule has 0 bridgehead atoms. The van der Waals surface area contributed by atoms with Gasteiger partial charge in [-0.15, -0.1) is 11.3 Å². The van der Waals surface area contributed by atoms with Gasteiger partial charge >= 0.3 is 0 Å². The third-order valence-electron chi connectivity index (χ3n) is 4.02. The summed E-state index contributed by atoms with van der Waals surface area (Å²) in [7, 11) is 3.23. The van der Waals surface area contributed by atoms with Crippen LogP contribution in [0.3, 0.4) is 0 Å². The number of methoxy groups -OCH3 is 2. The molecule has 0 aliphatic carbocycles. The predicted molar refractivity (Wildman–Crippen MR) is 86.1 cm³/mol. The van der Waals surface area contributed by atoms with Crippen molar-refractivity contribution in [2.75, 3.05) is 14.2 Å². The summed E-state index contributed by atoms with van der Waals surface area (Å²) in [5.74, 6) is 2.06. The monoisotopic (exact) mass is 314 g/mol. The van der Waals surface area contributed by atoms with E-state index in [-0.39, 0.29) is 5.56 Å². The summed E-state index contributed by atoms with van der Waals surface area (Å²) in [5.41, 5.74) is 2.85. The fourth-order valence-electron chi connectivity index (χ4n) is 2.93. The Morgan fingerprint density at radius 1 is 1.23 bits per heavy atom. The van der Waals surface area contributed by atoms with Crippen LogP contribution in [0.15, 0.2) is 28.4 Å². The summed E-state index contributed by atoms with van der Waals surface area (Å²) in [6, 6.07) is 5.77. The predicted octanol–water partition coefficient (Wildman–Crippen LogP) is 2.70. The molecule has 2 aromatic heterocycles. The van der Waals surface area contributed by atoms with E-state index in [1.54, 1.807) is 18.8 Å². The number of fused-ring (bicyclic) bond motifs is 4. The average molecular weight is 314 g/mol. The molecule has 0 saturated carbocycles. The van der Waals surface area contributed by atoms with Crippen LogP contribution in [0.4, 0.5) is 0 Å². The molecule has 0 saturated heterocycles. The minimum absolute atomic E-state index is 0.0374. The van der Waals surface area contributed by atoms with Crippen molar-refractivity contribution >= 4 is 21.6 Å². The van der Waals surface area contributed by atoms with Gasteiger partial charge in [0.2, 0.25) is 0 Å². The first-order chi connectivity index (χ1) is 10.7. The highest BCUT2D eigenvalue weighted by atomic mass is 32.1. The van der Waals surface area contributed by atoms with Crippen molar-refractivity contribution in [1.29, 1.82) is 0 Å². The van der Waals surface area contributed by atoms with E-state index in [9.17, 15) is 4.79 Å².